The average Bonchev–Trinajstić information content (AvgIpc) is 2.63. The first-order valence-corrected chi connectivity index (χ1v) is 10.0. The van der Waals surface area contributed by atoms with Gasteiger partial charge in [0.05, 0.1) is 10.6 Å². The number of aromatic hydroxyl groups is 1. The minimum atomic E-state index is -3.33. The van der Waals surface area contributed by atoms with Gasteiger partial charge in [-0.15, -0.1) is 0 Å². The van der Waals surface area contributed by atoms with E-state index in [1.165, 1.54) is 18.2 Å². The molecule has 0 aromatic heterocycles. The van der Waals surface area contributed by atoms with Crippen LogP contribution in [0.1, 0.15) is 26.3 Å². The number of phenolic OH excluding ortho intramolecular Hbond substituents is 1. The number of hydrogen-bond acceptors (Lipinski definition) is 5. The molecule has 2 rings (SSSR count). The van der Waals surface area contributed by atoms with E-state index in [0.717, 1.165) is 24.3 Å². The normalized spacial score (nSPS) is 11.8. The Kier molecular flexibility index (Phi) is 6.20. The molecule has 0 bridgehead atoms. The summed E-state index contributed by atoms with van der Waals surface area (Å²) in [6, 6.07) is 12.1. The number of aliphatic imine (C=N–C) groups is 1. The van der Waals surface area contributed by atoms with Gasteiger partial charge in [-0.3, -0.25) is 4.99 Å². The van der Waals surface area contributed by atoms with E-state index in [0.29, 0.717) is 0 Å². The molecule has 6 heteroatoms. The largest absolute Gasteiger partial charge is 0.506 e. The van der Waals surface area contributed by atoms with Crippen molar-refractivity contribution in [2.45, 2.75) is 25.7 Å². The number of anilines is 1. The van der Waals surface area contributed by atoms with Gasteiger partial charge in [-0.1, -0.05) is 19.1 Å². The van der Waals surface area contributed by atoms with Gasteiger partial charge in [-0.05, 0) is 49.7 Å². The van der Waals surface area contributed by atoms with Crippen LogP contribution in [0.5, 0.6) is 5.75 Å². The molecule has 0 aliphatic carbocycles. The molecule has 2 aromatic rings. The molecule has 0 unspecified atom stereocenters. The highest BCUT2D eigenvalue weighted by Gasteiger charge is 2.13. The van der Waals surface area contributed by atoms with Gasteiger partial charge in [0, 0.05) is 25.0 Å². The molecule has 0 aliphatic rings. The first-order valence-electron chi connectivity index (χ1n) is 8.36. The van der Waals surface area contributed by atoms with Crippen LogP contribution in [0.3, 0.4) is 0 Å². The Morgan fingerprint density at radius 1 is 1.04 bits per heavy atom. The second kappa shape index (κ2) is 8.16. The van der Waals surface area contributed by atoms with Crippen LogP contribution in [-0.2, 0) is 9.84 Å². The minimum Gasteiger partial charge on any atom is -0.506 e. The maximum absolute atomic E-state index is 12.0. The van der Waals surface area contributed by atoms with Crippen molar-refractivity contribution in [2.24, 2.45) is 4.99 Å². The third-order valence-corrected chi connectivity index (χ3v) is 5.79. The minimum absolute atomic E-state index is 0.00769. The van der Waals surface area contributed by atoms with E-state index < -0.39 is 9.84 Å². The number of sulfone groups is 1. The van der Waals surface area contributed by atoms with Crippen molar-refractivity contribution in [1.82, 2.24) is 0 Å². The molecule has 2 aromatic carbocycles. The molecule has 0 spiro atoms. The summed E-state index contributed by atoms with van der Waals surface area (Å²) >= 11 is 0. The lowest BCUT2D eigenvalue weighted by atomic mass is 10.2. The summed E-state index contributed by atoms with van der Waals surface area (Å²) in [6.45, 7) is 7.69. The Hall–Kier alpha value is -2.34. The van der Waals surface area contributed by atoms with Crippen LogP contribution in [0.25, 0.3) is 0 Å². The van der Waals surface area contributed by atoms with Crippen molar-refractivity contribution in [2.75, 3.05) is 23.7 Å². The Morgan fingerprint density at radius 2 is 1.68 bits per heavy atom. The molecular formula is C19H24N2O3S. The first kappa shape index (κ1) is 19.0. The zero-order valence-corrected chi connectivity index (χ0v) is 15.6. The number of benzene rings is 2. The third-order valence-electron chi connectivity index (χ3n) is 4.06. The van der Waals surface area contributed by atoms with Crippen molar-refractivity contribution in [3.8, 4) is 5.75 Å². The zero-order valence-electron chi connectivity index (χ0n) is 14.8. The van der Waals surface area contributed by atoms with Gasteiger partial charge >= 0.3 is 0 Å². The van der Waals surface area contributed by atoms with Crippen molar-refractivity contribution in [1.29, 1.82) is 0 Å². The van der Waals surface area contributed by atoms with Gasteiger partial charge in [-0.2, -0.15) is 0 Å². The second-order valence-corrected chi connectivity index (χ2v) is 7.85. The Balaban J connectivity index is 2.26. The molecule has 0 heterocycles. The van der Waals surface area contributed by atoms with E-state index in [2.05, 4.69) is 23.7 Å². The van der Waals surface area contributed by atoms with Crippen molar-refractivity contribution < 1.29 is 13.5 Å². The first-order chi connectivity index (χ1) is 11.9. The quantitative estimate of drug-likeness (QED) is 0.763. The van der Waals surface area contributed by atoms with E-state index in [1.807, 2.05) is 24.3 Å². The fourth-order valence-corrected chi connectivity index (χ4v) is 3.37. The molecule has 0 saturated heterocycles. The maximum Gasteiger partial charge on any atom is 0.178 e. The lowest BCUT2D eigenvalue weighted by Crippen LogP contribution is -2.21. The van der Waals surface area contributed by atoms with Crippen molar-refractivity contribution >= 4 is 27.4 Å². The van der Waals surface area contributed by atoms with Gasteiger partial charge in [0.15, 0.2) is 9.84 Å². The molecule has 0 amide bonds. The number of nitrogens with zero attached hydrogens (tertiary/aromatic N) is 2. The molecule has 1 N–H and O–H groups in total. The molecule has 0 fully saturated rings. The Labute approximate surface area is 149 Å². The van der Waals surface area contributed by atoms with Crippen LogP contribution in [0.2, 0.25) is 0 Å². The summed E-state index contributed by atoms with van der Waals surface area (Å²) in [5, 5.41) is 9.92. The van der Waals surface area contributed by atoms with E-state index in [1.54, 1.807) is 13.1 Å². The van der Waals surface area contributed by atoms with Crippen molar-refractivity contribution in [3.63, 3.8) is 0 Å². The fraction of sp³-hybridized carbons (Fsp3) is 0.316. The number of rotatable bonds is 7. The third kappa shape index (κ3) is 4.60. The van der Waals surface area contributed by atoms with Crippen LogP contribution >= 0.6 is 0 Å². The molecule has 0 aliphatic heterocycles. The van der Waals surface area contributed by atoms with Crippen LogP contribution in [0.15, 0.2) is 52.4 Å². The Morgan fingerprint density at radius 3 is 2.24 bits per heavy atom. The summed E-state index contributed by atoms with van der Waals surface area (Å²) in [4.78, 5) is 6.65. The second-order valence-electron chi connectivity index (χ2n) is 5.58. The Bertz CT molecular complexity index is 839. The SMILES string of the molecule is CCN(CC)c1ccc(C=Nc2cc(S(=O)(=O)CC)ccc2O)cc1. The van der Waals surface area contributed by atoms with Crippen LogP contribution in [0, 0.1) is 0 Å². The fourth-order valence-electron chi connectivity index (χ4n) is 2.47. The van der Waals surface area contributed by atoms with Crippen LogP contribution in [-0.4, -0.2) is 38.6 Å². The summed E-state index contributed by atoms with van der Waals surface area (Å²) < 4.78 is 23.9. The molecule has 0 saturated carbocycles. The van der Waals surface area contributed by atoms with Gasteiger partial charge < -0.3 is 10.0 Å². The molecule has 0 radical (unpaired) electrons. The predicted octanol–water partition coefficient (Wildman–Crippen LogP) is 3.78. The van der Waals surface area contributed by atoms with E-state index in [-0.39, 0.29) is 22.1 Å². The van der Waals surface area contributed by atoms with Gasteiger partial charge in [0.1, 0.15) is 11.4 Å². The van der Waals surface area contributed by atoms with E-state index >= 15 is 0 Å². The van der Waals surface area contributed by atoms with E-state index in [4.69, 9.17) is 0 Å². The maximum atomic E-state index is 12.0. The van der Waals surface area contributed by atoms with Crippen molar-refractivity contribution in [3.05, 3.63) is 48.0 Å². The average molecular weight is 360 g/mol. The summed E-state index contributed by atoms with van der Waals surface area (Å²) in [5.41, 5.74) is 2.25. The van der Waals surface area contributed by atoms with E-state index in [9.17, 15) is 13.5 Å². The number of phenols is 1. The smallest absolute Gasteiger partial charge is 0.178 e. The predicted molar refractivity (Wildman–Crippen MR) is 103 cm³/mol. The monoisotopic (exact) mass is 360 g/mol. The lowest BCUT2D eigenvalue weighted by molar-refractivity contribution is 0.476. The lowest BCUT2D eigenvalue weighted by Gasteiger charge is -2.20. The molecule has 5 nitrogen and oxygen atoms in total. The summed E-state index contributed by atoms with van der Waals surface area (Å²) in [7, 11) is -3.33. The summed E-state index contributed by atoms with van der Waals surface area (Å²) in [6.07, 6.45) is 1.61. The molecule has 134 valence electrons. The molecule has 0 atom stereocenters. The number of hydrogen-bond donors (Lipinski definition) is 1. The van der Waals surface area contributed by atoms with Crippen LogP contribution in [0.4, 0.5) is 11.4 Å². The van der Waals surface area contributed by atoms with Gasteiger partial charge in [-0.25, -0.2) is 8.42 Å². The molecule has 25 heavy (non-hydrogen) atoms. The topological polar surface area (TPSA) is 70.0 Å². The highest BCUT2D eigenvalue weighted by atomic mass is 32.2. The van der Waals surface area contributed by atoms with Gasteiger partial charge in [0.25, 0.3) is 0 Å². The summed E-state index contributed by atoms with van der Waals surface area (Å²) in [5.74, 6) is -0.0423. The highest BCUT2D eigenvalue weighted by molar-refractivity contribution is 7.91. The highest BCUT2D eigenvalue weighted by Crippen LogP contribution is 2.29. The standard InChI is InChI=1S/C19H24N2O3S/c1-4-21(5-2)16-9-7-15(8-10-16)14-20-18-13-17(11-12-19(18)22)25(23,24)6-3/h7-14,22H,4-6H2,1-3H3. The van der Waals surface area contributed by atoms with Crippen LogP contribution < -0.4 is 4.90 Å². The molecular weight excluding hydrogens is 336 g/mol. The van der Waals surface area contributed by atoms with Gasteiger partial charge in [0.2, 0.25) is 0 Å². The zero-order chi connectivity index (χ0) is 18.4.